The maximum absolute atomic E-state index is 13.1. The van der Waals surface area contributed by atoms with Crippen molar-refractivity contribution in [2.24, 2.45) is 0 Å². The van der Waals surface area contributed by atoms with Crippen LogP contribution in [0, 0.1) is 5.82 Å². The van der Waals surface area contributed by atoms with Crippen molar-refractivity contribution in [2.75, 3.05) is 31.1 Å². The second-order valence-electron chi connectivity index (χ2n) is 6.80. The molecule has 2 heterocycles. The van der Waals surface area contributed by atoms with E-state index in [1.807, 2.05) is 33.7 Å². The van der Waals surface area contributed by atoms with Crippen molar-refractivity contribution in [3.05, 3.63) is 60.2 Å². The fourth-order valence-electron chi connectivity index (χ4n) is 3.67. The summed E-state index contributed by atoms with van der Waals surface area (Å²) in [5.74, 6) is 0.827. The van der Waals surface area contributed by atoms with Crippen molar-refractivity contribution >= 4 is 22.6 Å². The highest BCUT2D eigenvalue weighted by atomic mass is 19.1. The summed E-state index contributed by atoms with van der Waals surface area (Å²) in [6.07, 6.45) is 0.792. The van der Waals surface area contributed by atoms with Crippen LogP contribution >= 0.6 is 0 Å². The number of carbonyl (C=O) groups is 1. The van der Waals surface area contributed by atoms with Crippen molar-refractivity contribution in [3.63, 3.8) is 0 Å². The Kier molecular flexibility index (Phi) is 4.79. The Labute approximate surface area is 158 Å². The first kappa shape index (κ1) is 17.5. The molecule has 140 valence electrons. The number of nitrogens with zero attached hydrogens (tertiary/aromatic N) is 4. The summed E-state index contributed by atoms with van der Waals surface area (Å²) >= 11 is 0. The van der Waals surface area contributed by atoms with Crippen LogP contribution in [0.3, 0.4) is 0 Å². The van der Waals surface area contributed by atoms with Crippen LogP contribution in [-0.2, 0) is 17.8 Å². The van der Waals surface area contributed by atoms with Gasteiger partial charge in [-0.15, -0.1) is 0 Å². The predicted molar refractivity (Wildman–Crippen MR) is 104 cm³/mol. The molecule has 4 rings (SSSR count). The highest BCUT2D eigenvalue weighted by molar-refractivity contribution is 5.81. The van der Waals surface area contributed by atoms with Crippen LogP contribution < -0.4 is 4.90 Å². The molecular weight excluding hydrogens is 343 g/mol. The summed E-state index contributed by atoms with van der Waals surface area (Å²) in [4.78, 5) is 21.6. The Morgan fingerprint density at radius 2 is 1.74 bits per heavy atom. The third kappa shape index (κ3) is 3.52. The first-order valence-corrected chi connectivity index (χ1v) is 9.38. The molecule has 0 spiro atoms. The van der Waals surface area contributed by atoms with Gasteiger partial charge < -0.3 is 14.4 Å². The average molecular weight is 366 g/mol. The minimum Gasteiger partial charge on any atom is -0.368 e. The van der Waals surface area contributed by atoms with Crippen molar-refractivity contribution in [2.45, 2.75) is 19.9 Å². The number of para-hydroxylation sites is 2. The molecule has 0 saturated carbocycles. The van der Waals surface area contributed by atoms with Crippen LogP contribution in [0.2, 0.25) is 0 Å². The molecule has 1 aliphatic rings. The molecule has 6 heteroatoms. The molecule has 0 bridgehead atoms. The average Bonchev–Trinajstić information content (AvgIpc) is 3.06. The Morgan fingerprint density at radius 3 is 2.44 bits per heavy atom. The maximum atomic E-state index is 13.1. The van der Waals surface area contributed by atoms with Crippen molar-refractivity contribution in [1.29, 1.82) is 0 Å². The molecule has 3 aromatic rings. The Morgan fingerprint density at radius 1 is 1.04 bits per heavy atom. The third-order valence-electron chi connectivity index (χ3n) is 5.17. The summed E-state index contributed by atoms with van der Waals surface area (Å²) in [5, 5.41) is 0. The molecule has 5 nitrogen and oxygen atoms in total. The summed E-state index contributed by atoms with van der Waals surface area (Å²) in [7, 11) is 0. The molecule has 0 unspecified atom stereocenters. The first-order valence-electron chi connectivity index (χ1n) is 9.38. The molecule has 2 aromatic carbocycles. The Balaban J connectivity index is 1.44. The van der Waals surface area contributed by atoms with Gasteiger partial charge in [-0.1, -0.05) is 19.1 Å². The molecule has 0 aliphatic carbocycles. The van der Waals surface area contributed by atoms with Crippen LogP contribution in [0.15, 0.2) is 48.5 Å². The van der Waals surface area contributed by atoms with Crippen molar-refractivity contribution in [3.8, 4) is 0 Å². The molecule has 1 fully saturated rings. The summed E-state index contributed by atoms with van der Waals surface area (Å²) in [6, 6.07) is 14.5. The second-order valence-corrected chi connectivity index (χ2v) is 6.80. The van der Waals surface area contributed by atoms with Gasteiger partial charge in [-0.25, -0.2) is 9.37 Å². The molecule has 0 N–H and O–H groups in total. The molecular formula is C21H23FN4O. The number of amides is 1. The van der Waals surface area contributed by atoms with Gasteiger partial charge in [0, 0.05) is 38.3 Å². The number of aryl methyl sites for hydroxylation is 1. The highest BCUT2D eigenvalue weighted by Gasteiger charge is 2.22. The van der Waals surface area contributed by atoms with E-state index in [0.717, 1.165) is 42.1 Å². The number of hydrogen-bond acceptors (Lipinski definition) is 3. The molecule has 27 heavy (non-hydrogen) atoms. The number of rotatable bonds is 4. The number of imidazole rings is 1. The molecule has 0 atom stereocenters. The van der Waals surface area contributed by atoms with Gasteiger partial charge in [0.25, 0.3) is 0 Å². The van der Waals surface area contributed by atoms with Gasteiger partial charge in [-0.05, 0) is 36.4 Å². The number of halogens is 1. The van der Waals surface area contributed by atoms with E-state index >= 15 is 0 Å². The monoisotopic (exact) mass is 366 g/mol. The number of anilines is 1. The first-order chi connectivity index (χ1) is 13.2. The van der Waals surface area contributed by atoms with Gasteiger partial charge in [-0.2, -0.15) is 0 Å². The zero-order chi connectivity index (χ0) is 18.8. The zero-order valence-corrected chi connectivity index (χ0v) is 15.4. The lowest BCUT2D eigenvalue weighted by Crippen LogP contribution is -2.49. The topological polar surface area (TPSA) is 41.4 Å². The van der Waals surface area contributed by atoms with Crippen LogP contribution in [0.25, 0.3) is 11.0 Å². The number of fused-ring (bicyclic) bond motifs is 1. The van der Waals surface area contributed by atoms with Gasteiger partial charge >= 0.3 is 0 Å². The Hall–Kier alpha value is -2.89. The number of carbonyl (C=O) groups excluding carboxylic acids is 1. The second kappa shape index (κ2) is 7.39. The molecule has 0 radical (unpaired) electrons. The number of aromatic nitrogens is 2. The minimum atomic E-state index is -0.230. The van der Waals surface area contributed by atoms with E-state index in [-0.39, 0.29) is 11.7 Å². The fraction of sp³-hybridized carbons (Fsp3) is 0.333. The smallest absolute Gasteiger partial charge is 0.242 e. The molecule has 1 aliphatic heterocycles. The van der Waals surface area contributed by atoms with E-state index < -0.39 is 0 Å². The van der Waals surface area contributed by atoms with Crippen LogP contribution in [0.4, 0.5) is 10.1 Å². The van der Waals surface area contributed by atoms with Crippen LogP contribution in [-0.4, -0.2) is 46.5 Å². The van der Waals surface area contributed by atoms with Gasteiger partial charge in [0.05, 0.1) is 11.0 Å². The van der Waals surface area contributed by atoms with E-state index in [1.165, 1.54) is 12.1 Å². The predicted octanol–water partition coefficient (Wildman–Crippen LogP) is 3.09. The number of hydrogen-bond donors (Lipinski definition) is 0. The quantitative estimate of drug-likeness (QED) is 0.713. The standard InChI is InChI=1S/C21H23FN4O/c1-2-20-23-18-5-3-4-6-19(18)26(20)15-21(27)25-13-11-24(12-14-25)17-9-7-16(22)8-10-17/h3-10H,2,11-15H2,1H3. The van der Waals surface area contributed by atoms with E-state index in [9.17, 15) is 9.18 Å². The van der Waals surface area contributed by atoms with E-state index in [1.54, 1.807) is 12.1 Å². The number of benzene rings is 2. The summed E-state index contributed by atoms with van der Waals surface area (Å²) in [6.45, 7) is 5.23. The lowest BCUT2D eigenvalue weighted by molar-refractivity contribution is -0.132. The van der Waals surface area contributed by atoms with Crippen molar-refractivity contribution < 1.29 is 9.18 Å². The lowest BCUT2D eigenvalue weighted by atomic mass is 10.2. The van der Waals surface area contributed by atoms with Gasteiger partial charge in [0.15, 0.2) is 0 Å². The molecule has 1 amide bonds. The van der Waals surface area contributed by atoms with E-state index in [4.69, 9.17) is 0 Å². The van der Waals surface area contributed by atoms with Crippen molar-refractivity contribution in [1.82, 2.24) is 14.5 Å². The van der Waals surface area contributed by atoms with Crippen LogP contribution in [0.5, 0.6) is 0 Å². The Bertz CT molecular complexity index is 942. The summed E-state index contributed by atoms with van der Waals surface area (Å²) in [5.41, 5.74) is 2.94. The summed E-state index contributed by atoms with van der Waals surface area (Å²) < 4.78 is 15.1. The number of piperazine rings is 1. The van der Waals surface area contributed by atoms with Gasteiger partial charge in [0.1, 0.15) is 18.2 Å². The largest absolute Gasteiger partial charge is 0.368 e. The van der Waals surface area contributed by atoms with Gasteiger partial charge in [-0.3, -0.25) is 4.79 Å². The lowest BCUT2D eigenvalue weighted by Gasteiger charge is -2.36. The zero-order valence-electron chi connectivity index (χ0n) is 15.4. The molecule has 1 saturated heterocycles. The van der Waals surface area contributed by atoms with Gasteiger partial charge in [0.2, 0.25) is 5.91 Å². The highest BCUT2D eigenvalue weighted by Crippen LogP contribution is 2.19. The van der Waals surface area contributed by atoms with Crippen LogP contribution in [0.1, 0.15) is 12.7 Å². The fourth-order valence-corrected chi connectivity index (χ4v) is 3.67. The SMILES string of the molecule is CCc1nc2ccccc2n1CC(=O)N1CCN(c2ccc(F)cc2)CC1. The van der Waals surface area contributed by atoms with E-state index in [0.29, 0.717) is 19.6 Å². The molecule has 1 aromatic heterocycles. The normalized spacial score (nSPS) is 14.7. The maximum Gasteiger partial charge on any atom is 0.242 e. The minimum absolute atomic E-state index is 0.117. The van der Waals surface area contributed by atoms with E-state index in [2.05, 4.69) is 16.8 Å². The third-order valence-corrected chi connectivity index (χ3v) is 5.17.